The van der Waals surface area contributed by atoms with Crippen LogP contribution in [0.2, 0.25) is 0 Å². The predicted molar refractivity (Wildman–Crippen MR) is 71.7 cm³/mol. The van der Waals surface area contributed by atoms with Gasteiger partial charge in [-0.2, -0.15) is 0 Å². The third-order valence-corrected chi connectivity index (χ3v) is 4.01. The molecule has 0 heterocycles. The standard InChI is InChI=1S/C14H28N2O/c1-3-11(2)13(15)14(17)16-12-9-7-5-4-6-8-10-12/h11-13H,3-10,15H2,1-2H3,(H,16,17)/t11?,13-/m0/s1. The molecule has 1 fully saturated rings. The first-order valence-electron chi connectivity index (χ1n) is 7.21. The van der Waals surface area contributed by atoms with Crippen molar-refractivity contribution < 1.29 is 4.79 Å². The Kier molecular flexibility index (Phi) is 6.56. The highest BCUT2D eigenvalue weighted by Gasteiger charge is 2.22. The van der Waals surface area contributed by atoms with E-state index in [1.807, 2.05) is 6.92 Å². The molecule has 0 aliphatic heterocycles. The summed E-state index contributed by atoms with van der Waals surface area (Å²) >= 11 is 0. The fourth-order valence-electron chi connectivity index (χ4n) is 2.41. The van der Waals surface area contributed by atoms with Gasteiger partial charge >= 0.3 is 0 Å². The van der Waals surface area contributed by atoms with Crippen LogP contribution in [0.5, 0.6) is 0 Å². The van der Waals surface area contributed by atoms with Crippen LogP contribution in [0, 0.1) is 5.92 Å². The molecule has 0 spiro atoms. The molecular formula is C14H28N2O. The first kappa shape index (κ1) is 14.5. The lowest BCUT2D eigenvalue weighted by Gasteiger charge is -2.24. The van der Waals surface area contributed by atoms with Crippen molar-refractivity contribution in [3.63, 3.8) is 0 Å². The quantitative estimate of drug-likeness (QED) is 0.793. The van der Waals surface area contributed by atoms with Gasteiger partial charge in [-0.1, -0.05) is 52.4 Å². The van der Waals surface area contributed by atoms with Gasteiger partial charge in [0.1, 0.15) is 0 Å². The highest BCUT2D eigenvalue weighted by atomic mass is 16.2. The molecule has 3 N–H and O–H groups in total. The van der Waals surface area contributed by atoms with E-state index in [0.717, 1.165) is 19.3 Å². The van der Waals surface area contributed by atoms with E-state index in [2.05, 4.69) is 12.2 Å². The second-order valence-corrected chi connectivity index (χ2v) is 5.46. The van der Waals surface area contributed by atoms with Gasteiger partial charge in [-0.25, -0.2) is 0 Å². The molecule has 0 saturated heterocycles. The Morgan fingerprint density at radius 2 is 1.76 bits per heavy atom. The Morgan fingerprint density at radius 1 is 1.24 bits per heavy atom. The van der Waals surface area contributed by atoms with Crippen LogP contribution in [0.3, 0.4) is 0 Å². The topological polar surface area (TPSA) is 55.1 Å². The van der Waals surface area contributed by atoms with Crippen molar-refractivity contribution in [3.05, 3.63) is 0 Å². The maximum Gasteiger partial charge on any atom is 0.237 e. The van der Waals surface area contributed by atoms with Crippen LogP contribution in [0.4, 0.5) is 0 Å². The van der Waals surface area contributed by atoms with Crippen LogP contribution >= 0.6 is 0 Å². The van der Waals surface area contributed by atoms with E-state index in [9.17, 15) is 4.79 Å². The van der Waals surface area contributed by atoms with Crippen LogP contribution in [0.25, 0.3) is 0 Å². The van der Waals surface area contributed by atoms with Crippen molar-refractivity contribution in [3.8, 4) is 0 Å². The molecule has 0 aromatic heterocycles. The van der Waals surface area contributed by atoms with Crippen molar-refractivity contribution in [1.82, 2.24) is 5.32 Å². The zero-order chi connectivity index (χ0) is 12.7. The number of nitrogens with one attached hydrogen (secondary N) is 1. The minimum absolute atomic E-state index is 0.0462. The first-order chi connectivity index (χ1) is 8.15. The van der Waals surface area contributed by atoms with Crippen molar-refractivity contribution in [2.75, 3.05) is 0 Å². The number of hydrogen-bond acceptors (Lipinski definition) is 2. The summed E-state index contributed by atoms with van der Waals surface area (Å²) in [5, 5.41) is 3.14. The number of amides is 1. The van der Waals surface area contributed by atoms with Crippen LogP contribution in [0.15, 0.2) is 0 Å². The van der Waals surface area contributed by atoms with Crippen molar-refractivity contribution in [2.45, 2.75) is 77.3 Å². The summed E-state index contributed by atoms with van der Waals surface area (Å²) in [6.07, 6.45) is 9.66. The molecule has 3 nitrogen and oxygen atoms in total. The number of carbonyl (C=O) groups is 1. The third kappa shape index (κ3) is 5.07. The number of carbonyl (C=O) groups excluding carboxylic acids is 1. The highest BCUT2D eigenvalue weighted by molar-refractivity contribution is 5.82. The van der Waals surface area contributed by atoms with Gasteiger partial charge in [-0.05, 0) is 18.8 Å². The van der Waals surface area contributed by atoms with Crippen LogP contribution < -0.4 is 11.1 Å². The van der Waals surface area contributed by atoms with Crippen molar-refractivity contribution in [1.29, 1.82) is 0 Å². The summed E-state index contributed by atoms with van der Waals surface area (Å²) in [6, 6.07) is 0.0170. The molecule has 1 amide bonds. The predicted octanol–water partition coefficient (Wildman–Crippen LogP) is 2.59. The second kappa shape index (κ2) is 7.70. The molecule has 0 aromatic carbocycles. The fraction of sp³-hybridized carbons (Fsp3) is 0.929. The summed E-state index contributed by atoms with van der Waals surface area (Å²) in [5.74, 6) is 0.313. The first-order valence-corrected chi connectivity index (χ1v) is 7.21. The number of nitrogens with two attached hydrogens (primary N) is 1. The molecule has 0 bridgehead atoms. The molecule has 1 saturated carbocycles. The molecule has 100 valence electrons. The normalized spacial score (nSPS) is 22.3. The molecule has 1 aliphatic carbocycles. The van der Waals surface area contributed by atoms with Crippen LogP contribution in [0.1, 0.15) is 65.2 Å². The summed E-state index contributed by atoms with van der Waals surface area (Å²) in [6.45, 7) is 4.12. The Hall–Kier alpha value is -0.570. The lowest BCUT2D eigenvalue weighted by molar-refractivity contribution is -0.124. The van der Waals surface area contributed by atoms with Gasteiger partial charge in [0, 0.05) is 6.04 Å². The minimum atomic E-state index is -0.342. The van der Waals surface area contributed by atoms with Gasteiger partial charge in [-0.3, -0.25) is 4.79 Å². The molecule has 1 aliphatic rings. The minimum Gasteiger partial charge on any atom is -0.352 e. The van der Waals surface area contributed by atoms with Gasteiger partial charge in [0.2, 0.25) is 5.91 Å². The monoisotopic (exact) mass is 240 g/mol. The Balaban J connectivity index is 2.37. The van der Waals surface area contributed by atoms with E-state index in [4.69, 9.17) is 5.73 Å². The maximum absolute atomic E-state index is 12.0. The Bertz CT molecular complexity index is 222. The molecule has 17 heavy (non-hydrogen) atoms. The average Bonchev–Trinajstić information content (AvgIpc) is 2.30. The smallest absolute Gasteiger partial charge is 0.237 e. The number of rotatable bonds is 4. The van der Waals surface area contributed by atoms with Crippen molar-refractivity contribution in [2.24, 2.45) is 11.7 Å². The summed E-state index contributed by atoms with van der Waals surface area (Å²) in [7, 11) is 0. The average molecular weight is 240 g/mol. The Morgan fingerprint density at radius 3 is 2.29 bits per heavy atom. The largest absolute Gasteiger partial charge is 0.352 e. The molecular weight excluding hydrogens is 212 g/mol. The van der Waals surface area contributed by atoms with Gasteiger partial charge < -0.3 is 11.1 Å². The van der Waals surface area contributed by atoms with Gasteiger partial charge in [0.15, 0.2) is 0 Å². The van der Waals surface area contributed by atoms with Gasteiger partial charge in [0.05, 0.1) is 6.04 Å². The second-order valence-electron chi connectivity index (χ2n) is 5.46. The van der Waals surface area contributed by atoms with Gasteiger partial charge in [0.25, 0.3) is 0 Å². The summed E-state index contributed by atoms with van der Waals surface area (Å²) in [4.78, 5) is 12.0. The molecule has 3 heteroatoms. The van der Waals surface area contributed by atoms with E-state index in [1.54, 1.807) is 0 Å². The molecule has 1 unspecified atom stereocenters. The van der Waals surface area contributed by atoms with Crippen LogP contribution in [-0.4, -0.2) is 18.0 Å². The lowest BCUT2D eigenvalue weighted by atomic mass is 9.95. The van der Waals surface area contributed by atoms with E-state index in [-0.39, 0.29) is 17.9 Å². The van der Waals surface area contributed by atoms with E-state index < -0.39 is 0 Å². The fourth-order valence-corrected chi connectivity index (χ4v) is 2.41. The van der Waals surface area contributed by atoms with E-state index in [1.165, 1.54) is 32.1 Å². The highest BCUT2D eigenvalue weighted by Crippen LogP contribution is 2.17. The SMILES string of the molecule is CCC(C)[C@H](N)C(=O)NC1CCCCCCC1. The third-order valence-electron chi connectivity index (χ3n) is 4.01. The maximum atomic E-state index is 12.0. The van der Waals surface area contributed by atoms with E-state index in [0.29, 0.717) is 6.04 Å². The van der Waals surface area contributed by atoms with Crippen molar-refractivity contribution >= 4 is 5.91 Å². The number of hydrogen-bond donors (Lipinski definition) is 2. The zero-order valence-corrected chi connectivity index (χ0v) is 11.4. The summed E-state index contributed by atoms with van der Waals surface area (Å²) < 4.78 is 0. The Labute approximate surface area is 106 Å². The molecule has 0 radical (unpaired) electrons. The molecule has 2 atom stereocenters. The molecule has 0 aromatic rings. The van der Waals surface area contributed by atoms with Gasteiger partial charge in [-0.15, -0.1) is 0 Å². The lowest BCUT2D eigenvalue weighted by Crippen LogP contribution is -2.48. The van der Waals surface area contributed by atoms with E-state index >= 15 is 0 Å². The molecule has 1 rings (SSSR count). The summed E-state index contributed by atoms with van der Waals surface area (Å²) in [5.41, 5.74) is 5.95. The zero-order valence-electron chi connectivity index (χ0n) is 11.4. The van der Waals surface area contributed by atoms with Crippen LogP contribution in [-0.2, 0) is 4.79 Å².